The number of ether oxygens (including phenoxy) is 2. The summed E-state index contributed by atoms with van der Waals surface area (Å²) in [6.07, 6.45) is -0.454. The van der Waals surface area contributed by atoms with Crippen molar-refractivity contribution in [1.29, 1.82) is 0 Å². The van der Waals surface area contributed by atoms with E-state index in [1.807, 2.05) is 38.1 Å². The first-order chi connectivity index (χ1) is 7.08. The second-order valence-corrected chi connectivity index (χ2v) is 3.99. The molecule has 2 rings (SSSR count). The molecule has 1 aliphatic rings. The Morgan fingerprint density at radius 3 is 2.53 bits per heavy atom. The number of carbonyl (C=O) groups excluding carboxylic acids is 1. The number of hydrogen-bond donors (Lipinski definition) is 0. The van der Waals surface area contributed by atoms with Gasteiger partial charge >= 0.3 is 5.97 Å². The summed E-state index contributed by atoms with van der Waals surface area (Å²) in [7, 11) is 1.37. The molecule has 1 aromatic carbocycles. The van der Waals surface area contributed by atoms with Crippen molar-refractivity contribution in [2.24, 2.45) is 0 Å². The normalized spacial score (nSPS) is 28.6. The van der Waals surface area contributed by atoms with Crippen molar-refractivity contribution in [2.45, 2.75) is 25.6 Å². The van der Waals surface area contributed by atoms with Gasteiger partial charge < -0.3 is 9.47 Å². The Morgan fingerprint density at radius 2 is 2.00 bits per heavy atom. The lowest BCUT2D eigenvalue weighted by Gasteiger charge is -2.06. The van der Waals surface area contributed by atoms with Gasteiger partial charge in [-0.2, -0.15) is 0 Å². The molecule has 15 heavy (non-hydrogen) atoms. The van der Waals surface area contributed by atoms with Gasteiger partial charge in [0.1, 0.15) is 5.60 Å². The maximum Gasteiger partial charge on any atom is 0.338 e. The van der Waals surface area contributed by atoms with Crippen molar-refractivity contribution in [2.75, 3.05) is 7.11 Å². The maximum atomic E-state index is 11.3. The molecule has 0 bridgehead atoms. The molecule has 1 fully saturated rings. The predicted molar refractivity (Wildman–Crippen MR) is 55.4 cm³/mol. The van der Waals surface area contributed by atoms with Gasteiger partial charge in [0.2, 0.25) is 0 Å². The number of methoxy groups -OCH3 is 1. The van der Waals surface area contributed by atoms with Gasteiger partial charge in [-0.1, -0.05) is 29.8 Å². The predicted octanol–water partition coefficient (Wildman–Crippen LogP) is 1.78. The Balaban J connectivity index is 2.19. The van der Waals surface area contributed by atoms with Crippen molar-refractivity contribution in [3.63, 3.8) is 0 Å². The van der Waals surface area contributed by atoms with Crippen LogP contribution in [-0.2, 0) is 19.9 Å². The summed E-state index contributed by atoms with van der Waals surface area (Å²) < 4.78 is 10.1. The molecule has 3 nitrogen and oxygen atoms in total. The molecule has 0 amide bonds. The van der Waals surface area contributed by atoms with Gasteiger partial charge in [-0.3, -0.25) is 0 Å². The molecule has 3 heteroatoms. The van der Waals surface area contributed by atoms with Crippen LogP contribution in [0, 0.1) is 6.92 Å². The number of epoxide rings is 1. The van der Waals surface area contributed by atoms with Gasteiger partial charge in [0, 0.05) is 0 Å². The monoisotopic (exact) mass is 206 g/mol. The molecule has 0 aromatic heterocycles. The van der Waals surface area contributed by atoms with Gasteiger partial charge in [0.25, 0.3) is 0 Å². The Morgan fingerprint density at radius 1 is 1.40 bits per heavy atom. The van der Waals surface area contributed by atoms with Gasteiger partial charge in [-0.05, 0) is 19.4 Å². The largest absolute Gasteiger partial charge is 0.467 e. The topological polar surface area (TPSA) is 38.8 Å². The van der Waals surface area contributed by atoms with Gasteiger partial charge in [0.15, 0.2) is 6.10 Å². The highest BCUT2D eigenvalue weighted by Gasteiger charge is 2.59. The third-order valence-electron chi connectivity index (χ3n) is 2.85. The fourth-order valence-corrected chi connectivity index (χ4v) is 1.69. The van der Waals surface area contributed by atoms with E-state index in [0.717, 1.165) is 5.56 Å². The Hall–Kier alpha value is -1.35. The SMILES string of the molecule is COC(=O)[C@@H]1O[C@]1(C)c1ccc(C)cc1. The van der Waals surface area contributed by atoms with Crippen molar-refractivity contribution < 1.29 is 14.3 Å². The summed E-state index contributed by atoms with van der Waals surface area (Å²) >= 11 is 0. The van der Waals surface area contributed by atoms with Crippen LogP contribution in [0.1, 0.15) is 18.1 Å². The minimum absolute atomic E-state index is 0.307. The van der Waals surface area contributed by atoms with E-state index in [2.05, 4.69) is 4.74 Å². The lowest BCUT2D eigenvalue weighted by molar-refractivity contribution is -0.142. The van der Waals surface area contributed by atoms with Crippen LogP contribution in [0.5, 0.6) is 0 Å². The Labute approximate surface area is 89.0 Å². The molecule has 0 aliphatic carbocycles. The lowest BCUT2D eigenvalue weighted by atomic mass is 9.96. The summed E-state index contributed by atoms with van der Waals surface area (Å²) in [6.45, 7) is 3.93. The van der Waals surface area contributed by atoms with E-state index in [1.165, 1.54) is 12.7 Å². The molecule has 0 saturated carbocycles. The first-order valence-corrected chi connectivity index (χ1v) is 4.91. The van der Waals surface area contributed by atoms with Crippen LogP contribution in [-0.4, -0.2) is 19.2 Å². The maximum absolute atomic E-state index is 11.3. The van der Waals surface area contributed by atoms with Gasteiger partial charge in [-0.15, -0.1) is 0 Å². The quantitative estimate of drug-likeness (QED) is 0.547. The molecular formula is C12H14O3. The van der Waals surface area contributed by atoms with E-state index in [9.17, 15) is 4.79 Å². The summed E-state index contributed by atoms with van der Waals surface area (Å²) in [4.78, 5) is 11.3. The molecule has 0 unspecified atom stereocenters. The van der Waals surface area contributed by atoms with Crippen LogP contribution < -0.4 is 0 Å². The smallest absolute Gasteiger partial charge is 0.338 e. The minimum Gasteiger partial charge on any atom is -0.467 e. The number of benzene rings is 1. The highest BCUT2D eigenvalue weighted by Crippen LogP contribution is 2.46. The average Bonchev–Trinajstić information content (AvgIpc) is 2.92. The molecule has 0 radical (unpaired) electrons. The minimum atomic E-state index is -0.499. The van der Waals surface area contributed by atoms with E-state index < -0.39 is 11.7 Å². The number of esters is 1. The van der Waals surface area contributed by atoms with Crippen molar-refractivity contribution in [3.8, 4) is 0 Å². The molecule has 0 spiro atoms. The fraction of sp³-hybridized carbons (Fsp3) is 0.417. The zero-order valence-electron chi connectivity index (χ0n) is 9.11. The third-order valence-corrected chi connectivity index (χ3v) is 2.85. The molecule has 0 N–H and O–H groups in total. The number of hydrogen-bond acceptors (Lipinski definition) is 3. The van der Waals surface area contributed by atoms with E-state index in [1.54, 1.807) is 0 Å². The van der Waals surface area contributed by atoms with Crippen molar-refractivity contribution in [1.82, 2.24) is 0 Å². The van der Waals surface area contributed by atoms with Crippen molar-refractivity contribution >= 4 is 5.97 Å². The molecule has 80 valence electrons. The molecular weight excluding hydrogens is 192 g/mol. The van der Waals surface area contributed by atoms with Gasteiger partial charge in [-0.25, -0.2) is 4.79 Å². The third kappa shape index (κ3) is 1.63. The lowest BCUT2D eigenvalue weighted by Crippen LogP contribution is -2.17. The first-order valence-electron chi connectivity index (χ1n) is 4.91. The zero-order chi connectivity index (χ0) is 11.1. The van der Waals surface area contributed by atoms with Crippen LogP contribution in [0.15, 0.2) is 24.3 Å². The van der Waals surface area contributed by atoms with Gasteiger partial charge in [0.05, 0.1) is 7.11 Å². The number of rotatable bonds is 2. The standard InChI is InChI=1S/C12H14O3/c1-8-4-6-9(7-5-8)12(2)10(15-12)11(13)14-3/h4-7,10H,1-3H3/t10-,12+/m0/s1. The Bertz CT molecular complexity index is 382. The van der Waals surface area contributed by atoms with Crippen LogP contribution in [0.3, 0.4) is 0 Å². The van der Waals surface area contributed by atoms with E-state index in [-0.39, 0.29) is 5.97 Å². The summed E-state index contributed by atoms with van der Waals surface area (Å²) in [5.41, 5.74) is 1.71. The molecule has 2 atom stereocenters. The van der Waals surface area contributed by atoms with Crippen molar-refractivity contribution in [3.05, 3.63) is 35.4 Å². The fourth-order valence-electron chi connectivity index (χ4n) is 1.69. The second-order valence-electron chi connectivity index (χ2n) is 3.99. The second kappa shape index (κ2) is 3.35. The van der Waals surface area contributed by atoms with E-state index in [0.29, 0.717) is 0 Å². The van der Waals surface area contributed by atoms with Crippen LogP contribution in [0.25, 0.3) is 0 Å². The highest BCUT2D eigenvalue weighted by molar-refractivity contribution is 5.79. The van der Waals surface area contributed by atoms with E-state index in [4.69, 9.17) is 4.74 Å². The first kappa shape index (κ1) is 10.2. The average molecular weight is 206 g/mol. The summed E-state index contributed by atoms with van der Waals surface area (Å²) in [5, 5.41) is 0. The molecule has 1 aromatic rings. The number of aryl methyl sites for hydroxylation is 1. The highest BCUT2D eigenvalue weighted by atomic mass is 16.6. The van der Waals surface area contributed by atoms with Crippen LogP contribution >= 0.6 is 0 Å². The van der Waals surface area contributed by atoms with Crippen LogP contribution in [0.4, 0.5) is 0 Å². The molecule has 1 aliphatic heterocycles. The molecule has 1 heterocycles. The number of carbonyl (C=O) groups is 1. The van der Waals surface area contributed by atoms with E-state index >= 15 is 0 Å². The summed E-state index contributed by atoms with van der Waals surface area (Å²) in [6, 6.07) is 7.99. The zero-order valence-corrected chi connectivity index (χ0v) is 9.11. The van der Waals surface area contributed by atoms with Crippen LogP contribution in [0.2, 0.25) is 0 Å². The molecule has 1 saturated heterocycles. The Kier molecular flexibility index (Phi) is 2.27. The summed E-state index contributed by atoms with van der Waals surface area (Å²) in [5.74, 6) is -0.307.